The highest BCUT2D eigenvalue weighted by Crippen LogP contribution is 2.24. The molecule has 1 unspecified atom stereocenters. The Hall–Kier alpha value is -1.26. The first-order valence-corrected chi connectivity index (χ1v) is 7.84. The second kappa shape index (κ2) is 7.66. The first-order chi connectivity index (χ1) is 10.1. The van der Waals surface area contributed by atoms with Gasteiger partial charge >= 0.3 is 6.03 Å². The molecule has 1 aliphatic rings. The van der Waals surface area contributed by atoms with E-state index in [4.69, 9.17) is 16.3 Å². The Bertz CT molecular complexity index is 479. The van der Waals surface area contributed by atoms with Crippen molar-refractivity contribution < 1.29 is 9.53 Å². The van der Waals surface area contributed by atoms with Crippen molar-refractivity contribution in [3.8, 4) is 0 Å². The minimum Gasteiger partial charge on any atom is -0.370 e. The van der Waals surface area contributed by atoms with E-state index in [1.165, 1.54) is 0 Å². The molecule has 1 aromatic rings. The minimum atomic E-state index is -0.103. The van der Waals surface area contributed by atoms with E-state index in [1.807, 2.05) is 29.2 Å². The van der Waals surface area contributed by atoms with Crippen molar-refractivity contribution in [3.05, 3.63) is 34.9 Å². The summed E-state index contributed by atoms with van der Waals surface area (Å²) in [5.41, 5.74) is 1.02. The summed E-state index contributed by atoms with van der Waals surface area (Å²) in [6, 6.07) is 7.61. The number of nitrogens with zero attached hydrogens (tertiary/aromatic N) is 1. The van der Waals surface area contributed by atoms with E-state index in [2.05, 4.69) is 19.2 Å². The normalized spacial score (nSPS) is 18.9. The fraction of sp³-hybridized carbons (Fsp3) is 0.562. The van der Waals surface area contributed by atoms with E-state index in [0.29, 0.717) is 30.6 Å². The number of halogens is 1. The van der Waals surface area contributed by atoms with Crippen molar-refractivity contribution in [2.75, 3.05) is 26.2 Å². The summed E-state index contributed by atoms with van der Waals surface area (Å²) in [5.74, 6) is 0.592. The molecule has 1 fully saturated rings. The molecule has 0 spiro atoms. The van der Waals surface area contributed by atoms with Gasteiger partial charge in [0.15, 0.2) is 0 Å². The Morgan fingerprint density at radius 2 is 2.33 bits per heavy atom. The number of carbonyl (C=O) groups excluding carboxylic acids is 1. The Balaban J connectivity index is 1.89. The van der Waals surface area contributed by atoms with Gasteiger partial charge in [-0.05, 0) is 30.0 Å². The van der Waals surface area contributed by atoms with Gasteiger partial charge in [0.05, 0.1) is 13.2 Å². The molecule has 21 heavy (non-hydrogen) atoms. The molecule has 0 saturated carbocycles. The predicted octanol–water partition coefficient (Wildman–Crippen LogP) is 3.47. The fourth-order valence-electron chi connectivity index (χ4n) is 2.32. The molecule has 2 rings (SSSR count). The molecule has 116 valence electrons. The average Bonchev–Trinajstić information content (AvgIpc) is 2.47. The number of rotatable bonds is 4. The third-order valence-corrected chi connectivity index (χ3v) is 3.81. The van der Waals surface area contributed by atoms with Crippen LogP contribution in [0.3, 0.4) is 0 Å². The topological polar surface area (TPSA) is 41.6 Å². The molecule has 1 N–H and O–H groups in total. The zero-order chi connectivity index (χ0) is 15.2. The third kappa shape index (κ3) is 4.90. The standard InChI is InChI=1S/C16H23ClN2O2/c1-12(2)6-7-18-16(20)19-8-9-21-15(11-19)13-4-3-5-14(17)10-13/h3-5,10,12,15H,6-9,11H2,1-2H3,(H,18,20). The molecular formula is C16H23ClN2O2. The third-order valence-electron chi connectivity index (χ3n) is 3.57. The van der Waals surface area contributed by atoms with E-state index in [1.54, 1.807) is 0 Å². The lowest BCUT2D eigenvalue weighted by Gasteiger charge is -2.33. The molecular weight excluding hydrogens is 288 g/mol. The van der Waals surface area contributed by atoms with Crippen molar-refractivity contribution in [3.63, 3.8) is 0 Å². The molecule has 1 aromatic carbocycles. The van der Waals surface area contributed by atoms with E-state index in [0.717, 1.165) is 18.5 Å². The summed E-state index contributed by atoms with van der Waals surface area (Å²) in [4.78, 5) is 14.0. The van der Waals surface area contributed by atoms with Gasteiger partial charge in [0.1, 0.15) is 6.10 Å². The highest BCUT2D eigenvalue weighted by atomic mass is 35.5. The van der Waals surface area contributed by atoms with Crippen LogP contribution in [-0.2, 0) is 4.74 Å². The van der Waals surface area contributed by atoms with Crippen LogP contribution in [0.15, 0.2) is 24.3 Å². The molecule has 4 nitrogen and oxygen atoms in total. The summed E-state index contributed by atoms with van der Waals surface area (Å²) in [6.07, 6.45) is 0.890. The number of carbonyl (C=O) groups is 1. The number of nitrogens with one attached hydrogen (secondary N) is 1. The number of morpholine rings is 1. The highest BCUT2D eigenvalue weighted by Gasteiger charge is 2.25. The van der Waals surface area contributed by atoms with Crippen LogP contribution in [0.4, 0.5) is 4.79 Å². The maximum Gasteiger partial charge on any atom is 0.317 e. The molecule has 1 heterocycles. The average molecular weight is 311 g/mol. The summed E-state index contributed by atoms with van der Waals surface area (Å²) in [5, 5.41) is 3.66. The zero-order valence-electron chi connectivity index (χ0n) is 12.6. The second-order valence-corrected chi connectivity index (χ2v) is 6.21. The van der Waals surface area contributed by atoms with Crippen LogP contribution in [0.25, 0.3) is 0 Å². The van der Waals surface area contributed by atoms with Crippen LogP contribution in [0.1, 0.15) is 31.9 Å². The largest absolute Gasteiger partial charge is 0.370 e. The first-order valence-electron chi connectivity index (χ1n) is 7.46. The molecule has 1 atom stereocenters. The van der Waals surface area contributed by atoms with Crippen molar-refractivity contribution in [2.24, 2.45) is 5.92 Å². The van der Waals surface area contributed by atoms with Gasteiger partial charge in [-0.1, -0.05) is 37.6 Å². The molecule has 0 aromatic heterocycles. The smallest absolute Gasteiger partial charge is 0.317 e. The molecule has 5 heteroatoms. The van der Waals surface area contributed by atoms with E-state index in [9.17, 15) is 4.79 Å². The SMILES string of the molecule is CC(C)CCNC(=O)N1CCOC(c2cccc(Cl)c2)C1. The van der Waals surface area contributed by atoms with Gasteiger partial charge in [0.2, 0.25) is 0 Å². The van der Waals surface area contributed by atoms with Crippen LogP contribution < -0.4 is 5.32 Å². The van der Waals surface area contributed by atoms with Crippen LogP contribution >= 0.6 is 11.6 Å². The van der Waals surface area contributed by atoms with Gasteiger partial charge in [-0.15, -0.1) is 0 Å². The second-order valence-electron chi connectivity index (χ2n) is 5.77. The van der Waals surface area contributed by atoms with Crippen LogP contribution in [-0.4, -0.2) is 37.2 Å². The van der Waals surface area contributed by atoms with Crippen LogP contribution in [0.5, 0.6) is 0 Å². The molecule has 0 aliphatic carbocycles. The Morgan fingerprint density at radius 1 is 1.52 bits per heavy atom. The number of hydrogen-bond donors (Lipinski definition) is 1. The van der Waals surface area contributed by atoms with E-state index in [-0.39, 0.29) is 12.1 Å². The van der Waals surface area contributed by atoms with E-state index >= 15 is 0 Å². The van der Waals surface area contributed by atoms with Crippen molar-refractivity contribution in [2.45, 2.75) is 26.4 Å². The monoisotopic (exact) mass is 310 g/mol. The van der Waals surface area contributed by atoms with Gasteiger partial charge < -0.3 is 15.0 Å². The summed E-state index contributed by atoms with van der Waals surface area (Å²) in [7, 11) is 0. The lowest BCUT2D eigenvalue weighted by molar-refractivity contribution is -0.0154. The maximum atomic E-state index is 12.2. The predicted molar refractivity (Wildman–Crippen MR) is 84.6 cm³/mol. The van der Waals surface area contributed by atoms with Gasteiger partial charge in [-0.25, -0.2) is 4.79 Å². The molecule has 0 radical (unpaired) electrons. The molecule has 2 amide bonds. The minimum absolute atomic E-state index is 0.00835. The quantitative estimate of drug-likeness (QED) is 0.925. The summed E-state index contributed by atoms with van der Waals surface area (Å²) in [6.45, 7) is 6.76. The molecule has 1 saturated heterocycles. The molecule has 0 bridgehead atoms. The fourth-order valence-corrected chi connectivity index (χ4v) is 2.52. The maximum absolute atomic E-state index is 12.2. The van der Waals surface area contributed by atoms with Gasteiger partial charge in [-0.2, -0.15) is 0 Å². The number of ether oxygens (including phenoxy) is 1. The van der Waals surface area contributed by atoms with E-state index < -0.39 is 0 Å². The molecule has 1 aliphatic heterocycles. The number of urea groups is 1. The Morgan fingerprint density at radius 3 is 3.05 bits per heavy atom. The van der Waals surface area contributed by atoms with Crippen molar-refractivity contribution in [1.29, 1.82) is 0 Å². The lowest BCUT2D eigenvalue weighted by Crippen LogP contribution is -2.47. The summed E-state index contributed by atoms with van der Waals surface area (Å²) < 4.78 is 5.76. The Kier molecular flexibility index (Phi) is 5.88. The number of hydrogen-bond acceptors (Lipinski definition) is 2. The summed E-state index contributed by atoms with van der Waals surface area (Å²) >= 11 is 6.01. The Labute approximate surface area is 131 Å². The zero-order valence-corrected chi connectivity index (χ0v) is 13.4. The highest BCUT2D eigenvalue weighted by molar-refractivity contribution is 6.30. The van der Waals surface area contributed by atoms with Gasteiger partial charge in [0, 0.05) is 18.1 Å². The van der Waals surface area contributed by atoms with Gasteiger partial charge in [0.25, 0.3) is 0 Å². The lowest BCUT2D eigenvalue weighted by atomic mass is 10.1. The van der Waals surface area contributed by atoms with Gasteiger partial charge in [-0.3, -0.25) is 0 Å². The van der Waals surface area contributed by atoms with Crippen LogP contribution in [0, 0.1) is 5.92 Å². The number of amides is 2. The van der Waals surface area contributed by atoms with Crippen molar-refractivity contribution >= 4 is 17.6 Å². The number of benzene rings is 1. The first kappa shape index (κ1) is 16.1. The van der Waals surface area contributed by atoms with Crippen molar-refractivity contribution in [1.82, 2.24) is 10.2 Å². The van der Waals surface area contributed by atoms with Crippen LogP contribution in [0.2, 0.25) is 5.02 Å².